The van der Waals surface area contributed by atoms with Crippen LogP contribution in [0.4, 0.5) is 0 Å². The van der Waals surface area contributed by atoms with Gasteiger partial charge < -0.3 is 15.1 Å². The summed E-state index contributed by atoms with van der Waals surface area (Å²) >= 11 is 0. The molecule has 6 heteroatoms. The Balaban J connectivity index is 1.45. The average Bonchev–Trinajstić information content (AvgIpc) is 3.25. The molecule has 2 aliphatic rings. The van der Waals surface area contributed by atoms with Crippen LogP contribution in [0.1, 0.15) is 62.4 Å². The quantitative estimate of drug-likeness (QED) is 0.846. The maximum Gasteiger partial charge on any atom is 0.253 e. The highest BCUT2D eigenvalue weighted by Crippen LogP contribution is 2.23. The molecular formula is C23H33N3O3. The fourth-order valence-electron chi connectivity index (χ4n) is 4.02. The van der Waals surface area contributed by atoms with Crippen molar-refractivity contribution >= 4 is 17.7 Å². The molecule has 1 N–H and O–H groups in total. The van der Waals surface area contributed by atoms with Crippen LogP contribution in [0.25, 0.3) is 0 Å². The molecule has 0 bridgehead atoms. The minimum Gasteiger partial charge on any atom is -0.352 e. The molecule has 1 aromatic carbocycles. The monoisotopic (exact) mass is 399 g/mol. The Morgan fingerprint density at radius 3 is 2.07 bits per heavy atom. The molecule has 2 fully saturated rings. The van der Waals surface area contributed by atoms with Crippen molar-refractivity contribution in [2.75, 3.05) is 26.2 Å². The van der Waals surface area contributed by atoms with E-state index in [0.717, 1.165) is 31.5 Å². The second-order valence-corrected chi connectivity index (χ2v) is 9.23. The third kappa shape index (κ3) is 5.37. The van der Waals surface area contributed by atoms with Gasteiger partial charge in [0.1, 0.15) is 0 Å². The van der Waals surface area contributed by atoms with Gasteiger partial charge in [-0.2, -0.15) is 0 Å². The molecule has 0 radical (unpaired) electrons. The van der Waals surface area contributed by atoms with E-state index < -0.39 is 0 Å². The number of amides is 3. The first-order valence-corrected chi connectivity index (χ1v) is 10.7. The number of nitrogens with one attached hydrogen (secondary N) is 1. The average molecular weight is 400 g/mol. The zero-order valence-corrected chi connectivity index (χ0v) is 17.9. The van der Waals surface area contributed by atoms with E-state index in [1.165, 1.54) is 0 Å². The number of piperidine rings is 1. The summed E-state index contributed by atoms with van der Waals surface area (Å²) in [5, 5.41) is 3.01. The second-order valence-electron chi connectivity index (χ2n) is 9.23. The SMILES string of the molecule is CC(C)(C)C(=O)N1CCC(C(=O)NCc2ccc(C(=O)N3CCCC3)cc2)CC1. The van der Waals surface area contributed by atoms with Gasteiger partial charge in [-0.3, -0.25) is 14.4 Å². The van der Waals surface area contributed by atoms with Crippen molar-refractivity contribution in [2.24, 2.45) is 11.3 Å². The van der Waals surface area contributed by atoms with E-state index in [0.29, 0.717) is 38.0 Å². The Labute approximate surface area is 173 Å². The lowest BCUT2D eigenvalue weighted by Crippen LogP contribution is -2.46. The molecule has 3 rings (SSSR count). The van der Waals surface area contributed by atoms with Gasteiger partial charge in [-0.15, -0.1) is 0 Å². The van der Waals surface area contributed by atoms with Crippen LogP contribution in [0.2, 0.25) is 0 Å². The number of nitrogens with zero attached hydrogens (tertiary/aromatic N) is 2. The highest BCUT2D eigenvalue weighted by molar-refractivity contribution is 5.94. The Kier molecular flexibility index (Phi) is 6.60. The first-order chi connectivity index (χ1) is 13.8. The van der Waals surface area contributed by atoms with Gasteiger partial charge in [0.15, 0.2) is 0 Å². The number of benzene rings is 1. The largest absolute Gasteiger partial charge is 0.352 e. The van der Waals surface area contributed by atoms with Gasteiger partial charge in [0.25, 0.3) is 5.91 Å². The smallest absolute Gasteiger partial charge is 0.253 e. The molecule has 29 heavy (non-hydrogen) atoms. The molecule has 0 atom stereocenters. The predicted octanol–water partition coefficient (Wildman–Crippen LogP) is 2.82. The molecule has 2 saturated heterocycles. The molecule has 0 spiro atoms. The molecular weight excluding hydrogens is 366 g/mol. The Bertz CT molecular complexity index is 738. The van der Waals surface area contributed by atoms with Gasteiger partial charge >= 0.3 is 0 Å². The summed E-state index contributed by atoms with van der Waals surface area (Å²) in [6.45, 7) is 9.21. The Morgan fingerprint density at radius 1 is 0.931 bits per heavy atom. The summed E-state index contributed by atoms with van der Waals surface area (Å²) in [4.78, 5) is 41.1. The Hall–Kier alpha value is -2.37. The van der Waals surface area contributed by atoms with Gasteiger partial charge in [0.2, 0.25) is 11.8 Å². The summed E-state index contributed by atoms with van der Waals surface area (Å²) in [6.07, 6.45) is 3.58. The van der Waals surface area contributed by atoms with Crippen LogP contribution >= 0.6 is 0 Å². The lowest BCUT2D eigenvalue weighted by atomic mass is 9.90. The highest BCUT2D eigenvalue weighted by Gasteiger charge is 2.32. The Morgan fingerprint density at radius 2 is 1.52 bits per heavy atom. The van der Waals surface area contributed by atoms with Crippen LogP contribution in [0.3, 0.4) is 0 Å². The maximum atomic E-state index is 12.5. The van der Waals surface area contributed by atoms with Crippen molar-refractivity contribution < 1.29 is 14.4 Å². The predicted molar refractivity (Wildman–Crippen MR) is 112 cm³/mol. The molecule has 0 saturated carbocycles. The standard InChI is InChI=1S/C23H33N3O3/c1-23(2,3)22(29)26-14-10-18(11-15-26)20(27)24-16-17-6-8-19(9-7-17)21(28)25-12-4-5-13-25/h6-9,18H,4-5,10-16H2,1-3H3,(H,24,27). The highest BCUT2D eigenvalue weighted by atomic mass is 16.2. The molecule has 0 aromatic heterocycles. The summed E-state index contributed by atoms with van der Waals surface area (Å²) in [7, 11) is 0. The first-order valence-electron chi connectivity index (χ1n) is 10.7. The van der Waals surface area contributed by atoms with Crippen LogP contribution < -0.4 is 5.32 Å². The second kappa shape index (κ2) is 8.97. The van der Waals surface area contributed by atoms with Crippen molar-refractivity contribution in [2.45, 2.75) is 53.0 Å². The number of hydrogen-bond donors (Lipinski definition) is 1. The third-order valence-electron chi connectivity index (χ3n) is 5.86. The summed E-state index contributed by atoms with van der Waals surface area (Å²) < 4.78 is 0. The number of rotatable bonds is 4. The topological polar surface area (TPSA) is 69.7 Å². The van der Waals surface area contributed by atoms with E-state index in [9.17, 15) is 14.4 Å². The molecule has 1 aromatic rings. The fraction of sp³-hybridized carbons (Fsp3) is 0.609. The van der Waals surface area contributed by atoms with Crippen molar-refractivity contribution in [3.8, 4) is 0 Å². The molecule has 2 aliphatic heterocycles. The summed E-state index contributed by atoms with van der Waals surface area (Å²) in [5.74, 6) is 0.245. The van der Waals surface area contributed by atoms with Crippen molar-refractivity contribution in [3.63, 3.8) is 0 Å². The normalized spacial score (nSPS) is 18.0. The lowest BCUT2D eigenvalue weighted by molar-refractivity contribution is -0.142. The number of carbonyl (C=O) groups is 3. The van der Waals surface area contributed by atoms with E-state index in [4.69, 9.17) is 0 Å². The zero-order chi connectivity index (χ0) is 21.0. The van der Waals surface area contributed by atoms with E-state index in [-0.39, 0.29) is 29.1 Å². The molecule has 0 unspecified atom stereocenters. The van der Waals surface area contributed by atoms with E-state index in [1.54, 1.807) is 0 Å². The molecule has 2 heterocycles. The minimum atomic E-state index is -0.378. The van der Waals surface area contributed by atoms with Crippen molar-refractivity contribution in [1.29, 1.82) is 0 Å². The maximum absolute atomic E-state index is 12.5. The van der Waals surface area contributed by atoms with Crippen LogP contribution in [0, 0.1) is 11.3 Å². The third-order valence-corrected chi connectivity index (χ3v) is 5.86. The summed E-state index contributed by atoms with van der Waals surface area (Å²) in [6, 6.07) is 7.51. The van der Waals surface area contributed by atoms with Crippen LogP contribution in [-0.4, -0.2) is 53.7 Å². The zero-order valence-electron chi connectivity index (χ0n) is 17.9. The van der Waals surface area contributed by atoms with Gasteiger partial charge in [0, 0.05) is 49.6 Å². The number of likely N-dealkylation sites (tertiary alicyclic amines) is 2. The van der Waals surface area contributed by atoms with Gasteiger partial charge in [0.05, 0.1) is 0 Å². The van der Waals surface area contributed by atoms with E-state index in [2.05, 4.69) is 5.32 Å². The van der Waals surface area contributed by atoms with E-state index >= 15 is 0 Å². The minimum absolute atomic E-state index is 0.0463. The van der Waals surface area contributed by atoms with Crippen LogP contribution in [0.15, 0.2) is 24.3 Å². The molecule has 6 nitrogen and oxygen atoms in total. The number of carbonyl (C=O) groups excluding carboxylic acids is 3. The van der Waals surface area contributed by atoms with Gasteiger partial charge in [-0.25, -0.2) is 0 Å². The van der Waals surface area contributed by atoms with Gasteiger partial charge in [-0.1, -0.05) is 32.9 Å². The molecule has 158 valence electrons. The fourth-order valence-corrected chi connectivity index (χ4v) is 4.02. The van der Waals surface area contributed by atoms with Crippen LogP contribution in [0.5, 0.6) is 0 Å². The van der Waals surface area contributed by atoms with Crippen molar-refractivity contribution in [3.05, 3.63) is 35.4 Å². The van der Waals surface area contributed by atoms with Crippen molar-refractivity contribution in [1.82, 2.24) is 15.1 Å². The van der Waals surface area contributed by atoms with E-state index in [1.807, 2.05) is 54.8 Å². The van der Waals surface area contributed by atoms with Gasteiger partial charge in [-0.05, 0) is 43.4 Å². The molecule has 0 aliphatic carbocycles. The summed E-state index contributed by atoms with van der Waals surface area (Å²) in [5.41, 5.74) is 1.31. The molecule has 3 amide bonds. The van der Waals surface area contributed by atoms with Crippen LogP contribution in [-0.2, 0) is 16.1 Å². The lowest BCUT2D eigenvalue weighted by Gasteiger charge is -2.35. The first kappa shape index (κ1) is 21.3. The number of hydrogen-bond acceptors (Lipinski definition) is 3.